The van der Waals surface area contributed by atoms with Crippen molar-refractivity contribution < 1.29 is 22.4 Å². The number of halogens is 3. The summed E-state index contributed by atoms with van der Waals surface area (Å²) in [5.74, 6) is -1.96. The highest BCUT2D eigenvalue weighted by Gasteiger charge is 2.35. The molecule has 0 saturated carbocycles. The van der Waals surface area contributed by atoms with E-state index in [1.165, 1.54) is 19.1 Å². The van der Waals surface area contributed by atoms with Crippen molar-refractivity contribution in [2.75, 3.05) is 5.32 Å². The molecule has 1 amide bonds. The monoisotopic (exact) mass is 338 g/mol. The lowest BCUT2D eigenvalue weighted by molar-refractivity contribution is -0.152. The number of anilines is 1. The van der Waals surface area contributed by atoms with Gasteiger partial charge in [0.05, 0.1) is 11.5 Å². The molecule has 1 heterocycles. The van der Waals surface area contributed by atoms with E-state index in [0.717, 1.165) is 6.07 Å². The van der Waals surface area contributed by atoms with Crippen LogP contribution in [0.25, 0.3) is 11.0 Å². The average molecular weight is 338 g/mol. The second-order valence-electron chi connectivity index (χ2n) is 5.44. The van der Waals surface area contributed by atoms with Crippen molar-refractivity contribution in [3.63, 3.8) is 0 Å². The lowest BCUT2D eigenvalue weighted by atomic mass is 9.88. The summed E-state index contributed by atoms with van der Waals surface area (Å²) in [5, 5.41) is 11.5. The molecule has 1 aromatic carbocycles. The van der Waals surface area contributed by atoms with Gasteiger partial charge in [-0.2, -0.15) is 18.4 Å². The lowest BCUT2D eigenvalue weighted by Crippen LogP contribution is -2.31. The van der Waals surface area contributed by atoms with Gasteiger partial charge in [0, 0.05) is 11.8 Å². The Bertz CT molecular complexity index is 896. The van der Waals surface area contributed by atoms with Gasteiger partial charge < -0.3 is 9.73 Å². The number of amides is 1. The first kappa shape index (κ1) is 17.5. The Morgan fingerprint density at radius 1 is 1.33 bits per heavy atom. The molecule has 0 fully saturated rings. The molecular weight excluding hydrogens is 325 g/mol. The Kier molecular flexibility index (Phi) is 4.38. The number of hydrogen-bond acceptors (Lipinski definition) is 4. The molecule has 0 saturated heterocycles. The third kappa shape index (κ3) is 3.25. The number of nitrogens with zero attached hydrogens (tertiary/aromatic N) is 1. The topological polar surface area (TPSA) is 83.1 Å². The number of carbonyl (C=O) groups is 1. The van der Waals surface area contributed by atoms with Gasteiger partial charge in [0.25, 0.3) is 0 Å². The van der Waals surface area contributed by atoms with Crippen LogP contribution >= 0.6 is 0 Å². The highest BCUT2D eigenvalue weighted by molar-refractivity contribution is 5.98. The third-order valence-corrected chi connectivity index (χ3v) is 3.72. The number of rotatable bonds is 3. The van der Waals surface area contributed by atoms with E-state index in [1.54, 1.807) is 6.92 Å². The number of alkyl halides is 3. The number of nitrogens with one attached hydrogen (secondary N) is 1. The van der Waals surface area contributed by atoms with Crippen molar-refractivity contribution in [3.8, 4) is 6.07 Å². The summed E-state index contributed by atoms with van der Waals surface area (Å²) in [6.07, 6.45) is -4.49. The molecule has 0 radical (unpaired) electrons. The standard InChI is InChI=1S/C16H13F3N2O3/c1-3-15(2,8-20)14(23)21-9-4-5-12-10(6-9)11(22)7-13(24-12)16(17,18)19/h4-7H,3H2,1-2H3,(H,21,23). The van der Waals surface area contributed by atoms with E-state index in [2.05, 4.69) is 9.73 Å². The fourth-order valence-corrected chi connectivity index (χ4v) is 1.93. The molecule has 0 bridgehead atoms. The van der Waals surface area contributed by atoms with E-state index in [1.807, 2.05) is 6.07 Å². The third-order valence-electron chi connectivity index (χ3n) is 3.72. The first-order chi connectivity index (χ1) is 11.1. The molecule has 5 nitrogen and oxygen atoms in total. The average Bonchev–Trinajstić information content (AvgIpc) is 2.53. The van der Waals surface area contributed by atoms with Gasteiger partial charge in [-0.15, -0.1) is 0 Å². The Morgan fingerprint density at radius 3 is 2.54 bits per heavy atom. The molecular formula is C16H13F3N2O3. The van der Waals surface area contributed by atoms with Crippen molar-refractivity contribution in [2.24, 2.45) is 5.41 Å². The van der Waals surface area contributed by atoms with Crippen molar-refractivity contribution in [3.05, 3.63) is 40.2 Å². The normalized spacial score (nSPS) is 14.0. The molecule has 1 aromatic heterocycles. The zero-order valence-corrected chi connectivity index (χ0v) is 12.8. The van der Waals surface area contributed by atoms with Crippen LogP contribution in [0.15, 0.2) is 33.5 Å². The molecule has 8 heteroatoms. The number of nitriles is 1. The smallest absolute Gasteiger partial charge is 0.449 e. The summed E-state index contributed by atoms with van der Waals surface area (Å²) in [6.45, 7) is 3.14. The first-order valence-corrected chi connectivity index (χ1v) is 6.98. The van der Waals surface area contributed by atoms with Gasteiger partial charge in [-0.25, -0.2) is 0 Å². The van der Waals surface area contributed by atoms with Crippen LogP contribution in [-0.4, -0.2) is 5.91 Å². The quantitative estimate of drug-likeness (QED) is 0.925. The SMILES string of the molecule is CCC(C)(C#N)C(=O)Nc1ccc2oc(C(F)(F)F)cc(=O)c2c1. The fourth-order valence-electron chi connectivity index (χ4n) is 1.93. The van der Waals surface area contributed by atoms with Crippen LogP contribution in [0, 0.1) is 16.7 Å². The minimum Gasteiger partial charge on any atom is -0.451 e. The highest BCUT2D eigenvalue weighted by atomic mass is 19.4. The van der Waals surface area contributed by atoms with Crippen LogP contribution in [0.1, 0.15) is 26.0 Å². The van der Waals surface area contributed by atoms with E-state index in [0.29, 0.717) is 6.07 Å². The lowest BCUT2D eigenvalue weighted by Gasteiger charge is -2.18. The molecule has 1 unspecified atom stereocenters. The maximum absolute atomic E-state index is 12.6. The number of fused-ring (bicyclic) bond motifs is 1. The second kappa shape index (κ2) is 6.00. The molecule has 0 aliphatic heterocycles. The molecule has 1 N–H and O–H groups in total. The van der Waals surface area contributed by atoms with Crippen molar-refractivity contribution in [1.82, 2.24) is 0 Å². The predicted molar refractivity (Wildman–Crippen MR) is 80.1 cm³/mol. The first-order valence-electron chi connectivity index (χ1n) is 6.98. The molecule has 24 heavy (non-hydrogen) atoms. The summed E-state index contributed by atoms with van der Waals surface area (Å²) in [4.78, 5) is 24.0. The van der Waals surface area contributed by atoms with E-state index < -0.39 is 28.7 Å². The molecule has 126 valence electrons. The van der Waals surface area contributed by atoms with Crippen LogP contribution in [0.2, 0.25) is 0 Å². The van der Waals surface area contributed by atoms with Gasteiger partial charge in [0.1, 0.15) is 11.0 Å². The molecule has 0 aliphatic carbocycles. The van der Waals surface area contributed by atoms with Crippen LogP contribution in [-0.2, 0) is 11.0 Å². The van der Waals surface area contributed by atoms with Gasteiger partial charge in [-0.05, 0) is 31.5 Å². The van der Waals surface area contributed by atoms with Gasteiger partial charge in [0.15, 0.2) is 5.43 Å². The summed E-state index contributed by atoms with van der Waals surface area (Å²) >= 11 is 0. The zero-order chi connectivity index (χ0) is 18.1. The Balaban J connectivity index is 2.43. The van der Waals surface area contributed by atoms with Crippen LogP contribution in [0.3, 0.4) is 0 Å². The summed E-state index contributed by atoms with van der Waals surface area (Å²) < 4.78 is 42.6. The number of carbonyl (C=O) groups excluding carboxylic acids is 1. The molecule has 2 aromatic rings. The Labute approximate surface area is 134 Å². The maximum Gasteiger partial charge on any atom is 0.449 e. The zero-order valence-electron chi connectivity index (χ0n) is 12.8. The molecule has 0 aliphatic rings. The minimum absolute atomic E-state index is 0.101. The summed E-state index contributed by atoms with van der Waals surface area (Å²) in [6, 6.07) is 5.95. The van der Waals surface area contributed by atoms with E-state index in [9.17, 15) is 22.8 Å². The van der Waals surface area contributed by atoms with Gasteiger partial charge in [-0.3, -0.25) is 9.59 Å². The second-order valence-corrected chi connectivity index (χ2v) is 5.44. The predicted octanol–water partition coefficient (Wildman–Crippen LogP) is 3.69. The van der Waals surface area contributed by atoms with Gasteiger partial charge in [-0.1, -0.05) is 6.92 Å². The van der Waals surface area contributed by atoms with E-state index >= 15 is 0 Å². The van der Waals surface area contributed by atoms with Crippen LogP contribution in [0.4, 0.5) is 18.9 Å². The minimum atomic E-state index is -4.77. The Morgan fingerprint density at radius 2 is 2.00 bits per heavy atom. The largest absolute Gasteiger partial charge is 0.451 e. The van der Waals surface area contributed by atoms with Crippen LogP contribution < -0.4 is 10.7 Å². The van der Waals surface area contributed by atoms with Gasteiger partial charge in [0.2, 0.25) is 11.7 Å². The molecule has 0 spiro atoms. The van der Waals surface area contributed by atoms with Gasteiger partial charge >= 0.3 is 6.18 Å². The van der Waals surface area contributed by atoms with E-state index in [4.69, 9.17) is 5.26 Å². The maximum atomic E-state index is 12.6. The van der Waals surface area contributed by atoms with Crippen molar-refractivity contribution >= 4 is 22.6 Å². The summed E-state index contributed by atoms with van der Waals surface area (Å²) in [5.41, 5.74) is -2.18. The summed E-state index contributed by atoms with van der Waals surface area (Å²) in [7, 11) is 0. The van der Waals surface area contributed by atoms with E-state index in [-0.39, 0.29) is 23.1 Å². The Hall–Kier alpha value is -2.82. The van der Waals surface area contributed by atoms with Crippen molar-refractivity contribution in [1.29, 1.82) is 5.26 Å². The highest BCUT2D eigenvalue weighted by Crippen LogP contribution is 2.31. The van der Waals surface area contributed by atoms with Crippen LogP contribution in [0.5, 0.6) is 0 Å². The fraction of sp³-hybridized carbons (Fsp3) is 0.312. The van der Waals surface area contributed by atoms with Crippen molar-refractivity contribution in [2.45, 2.75) is 26.4 Å². The molecule has 2 rings (SSSR count). The molecule has 1 atom stereocenters. The number of benzene rings is 1. The number of hydrogen-bond donors (Lipinski definition) is 1.